The molecule has 0 aromatic heterocycles. The van der Waals surface area contributed by atoms with E-state index in [0.717, 1.165) is 29.4 Å². The summed E-state index contributed by atoms with van der Waals surface area (Å²) in [5.41, 5.74) is 1.22. The van der Waals surface area contributed by atoms with E-state index < -0.39 is 0 Å². The average Bonchev–Trinajstić information content (AvgIpc) is 2.36. The number of hydrogen-bond acceptors (Lipinski definition) is 4. The average molecular weight is 283 g/mol. The molecule has 0 saturated heterocycles. The van der Waals surface area contributed by atoms with Gasteiger partial charge in [-0.3, -0.25) is 0 Å². The van der Waals surface area contributed by atoms with Gasteiger partial charge in [-0.1, -0.05) is 12.1 Å². The highest BCUT2D eigenvalue weighted by Gasteiger charge is 2.14. The third-order valence-electron chi connectivity index (χ3n) is 2.62. The molecule has 0 heterocycles. The minimum atomic E-state index is 0.0830. The molecule has 0 aliphatic rings. The molecule has 0 bridgehead atoms. The molecule has 0 atom stereocenters. The third kappa shape index (κ3) is 5.74. The van der Waals surface area contributed by atoms with Crippen LogP contribution < -0.4 is 14.8 Å². The molecule has 108 valence electrons. The van der Waals surface area contributed by atoms with Crippen molar-refractivity contribution in [3.63, 3.8) is 0 Å². The maximum atomic E-state index is 5.88. The van der Waals surface area contributed by atoms with Gasteiger partial charge in [0, 0.05) is 23.4 Å². The Morgan fingerprint density at radius 2 is 2.00 bits per heavy atom. The van der Waals surface area contributed by atoms with Crippen LogP contribution in [-0.4, -0.2) is 31.3 Å². The van der Waals surface area contributed by atoms with E-state index in [-0.39, 0.29) is 5.54 Å². The van der Waals surface area contributed by atoms with E-state index >= 15 is 0 Å². The van der Waals surface area contributed by atoms with E-state index in [0.29, 0.717) is 6.61 Å². The van der Waals surface area contributed by atoms with Gasteiger partial charge in [-0.25, -0.2) is 0 Å². The fourth-order valence-electron chi connectivity index (χ4n) is 1.61. The number of methoxy groups -OCH3 is 1. The minimum absolute atomic E-state index is 0.0830. The zero-order valence-electron chi connectivity index (χ0n) is 12.6. The normalized spacial score (nSPS) is 11.4. The molecule has 1 aromatic carbocycles. The molecule has 1 N–H and O–H groups in total. The van der Waals surface area contributed by atoms with Gasteiger partial charge in [0.2, 0.25) is 0 Å². The lowest BCUT2D eigenvalue weighted by Crippen LogP contribution is -2.35. The molecule has 0 amide bonds. The molecule has 0 radical (unpaired) electrons. The molecule has 0 saturated carbocycles. The maximum absolute atomic E-state index is 5.88. The minimum Gasteiger partial charge on any atom is -0.493 e. The lowest BCUT2D eigenvalue weighted by molar-refractivity contribution is 0.307. The fraction of sp³-hybridized carbons (Fsp3) is 0.600. The topological polar surface area (TPSA) is 30.5 Å². The standard InChI is InChI=1S/C15H25NO2S/c1-15(2,3)16-11-12-7-6-8-13(17-4)14(12)18-9-10-19-5/h6-8,16H,9-11H2,1-5H3. The molecule has 19 heavy (non-hydrogen) atoms. The number of rotatable bonds is 7. The van der Waals surface area contributed by atoms with Crippen LogP contribution in [0.15, 0.2) is 18.2 Å². The van der Waals surface area contributed by atoms with Crippen molar-refractivity contribution in [3.8, 4) is 11.5 Å². The van der Waals surface area contributed by atoms with Crippen LogP contribution in [-0.2, 0) is 6.54 Å². The van der Waals surface area contributed by atoms with Crippen LogP contribution >= 0.6 is 11.8 Å². The van der Waals surface area contributed by atoms with Crippen molar-refractivity contribution < 1.29 is 9.47 Å². The van der Waals surface area contributed by atoms with Crippen molar-refractivity contribution in [2.75, 3.05) is 25.7 Å². The van der Waals surface area contributed by atoms with Crippen molar-refractivity contribution in [2.45, 2.75) is 32.9 Å². The molecule has 1 aromatic rings. The molecule has 0 aliphatic heterocycles. The largest absolute Gasteiger partial charge is 0.493 e. The molecule has 0 unspecified atom stereocenters. The van der Waals surface area contributed by atoms with Crippen molar-refractivity contribution >= 4 is 11.8 Å². The number of para-hydroxylation sites is 1. The van der Waals surface area contributed by atoms with Gasteiger partial charge in [-0.05, 0) is 33.1 Å². The van der Waals surface area contributed by atoms with E-state index in [1.54, 1.807) is 18.9 Å². The summed E-state index contributed by atoms with van der Waals surface area (Å²) in [6.45, 7) is 7.93. The summed E-state index contributed by atoms with van der Waals surface area (Å²) in [6, 6.07) is 6.02. The monoisotopic (exact) mass is 283 g/mol. The van der Waals surface area contributed by atoms with E-state index in [2.05, 4.69) is 38.4 Å². The zero-order chi connectivity index (χ0) is 14.3. The Morgan fingerprint density at radius 3 is 2.58 bits per heavy atom. The predicted octanol–water partition coefficient (Wildman–Crippen LogP) is 3.33. The molecule has 0 fully saturated rings. The van der Waals surface area contributed by atoms with Gasteiger partial charge >= 0.3 is 0 Å². The van der Waals surface area contributed by atoms with E-state index in [9.17, 15) is 0 Å². The summed E-state index contributed by atoms with van der Waals surface area (Å²) in [6.07, 6.45) is 2.08. The number of nitrogens with one attached hydrogen (secondary N) is 1. The summed E-state index contributed by atoms with van der Waals surface area (Å²) in [5.74, 6) is 2.63. The number of benzene rings is 1. The summed E-state index contributed by atoms with van der Waals surface area (Å²) in [4.78, 5) is 0. The van der Waals surface area contributed by atoms with Crippen LogP contribution in [0.1, 0.15) is 26.3 Å². The first-order valence-electron chi connectivity index (χ1n) is 6.50. The molecule has 0 spiro atoms. The second-order valence-electron chi connectivity index (χ2n) is 5.39. The smallest absolute Gasteiger partial charge is 0.165 e. The zero-order valence-corrected chi connectivity index (χ0v) is 13.4. The summed E-state index contributed by atoms with van der Waals surface area (Å²) >= 11 is 1.78. The van der Waals surface area contributed by atoms with Gasteiger partial charge in [0.05, 0.1) is 13.7 Å². The Kier molecular flexibility index (Phi) is 6.52. The molecule has 4 heteroatoms. The summed E-state index contributed by atoms with van der Waals surface area (Å²) in [7, 11) is 1.68. The quantitative estimate of drug-likeness (QED) is 0.778. The Labute approximate surface area is 121 Å². The lowest BCUT2D eigenvalue weighted by atomic mass is 10.1. The second-order valence-corrected chi connectivity index (χ2v) is 6.38. The Hall–Kier alpha value is -0.870. The van der Waals surface area contributed by atoms with Crippen molar-refractivity contribution in [1.29, 1.82) is 0 Å². The molecule has 1 rings (SSSR count). The highest BCUT2D eigenvalue weighted by molar-refractivity contribution is 7.98. The SMILES string of the molecule is COc1cccc(CNC(C)(C)C)c1OCCSC. The first kappa shape index (κ1) is 16.2. The first-order chi connectivity index (χ1) is 8.98. The third-order valence-corrected chi connectivity index (χ3v) is 3.20. The van der Waals surface area contributed by atoms with Gasteiger partial charge in [0.25, 0.3) is 0 Å². The van der Waals surface area contributed by atoms with Crippen molar-refractivity contribution in [2.24, 2.45) is 0 Å². The lowest BCUT2D eigenvalue weighted by Gasteiger charge is -2.22. The molecule has 3 nitrogen and oxygen atoms in total. The van der Waals surface area contributed by atoms with E-state index in [4.69, 9.17) is 9.47 Å². The number of hydrogen-bond donors (Lipinski definition) is 1. The molecular formula is C15H25NO2S. The molecular weight excluding hydrogens is 258 g/mol. The summed E-state index contributed by atoms with van der Waals surface area (Å²) in [5, 5.41) is 3.48. The Bertz CT molecular complexity index is 388. The second kappa shape index (κ2) is 7.65. The highest BCUT2D eigenvalue weighted by Crippen LogP contribution is 2.31. The van der Waals surface area contributed by atoms with Gasteiger partial charge in [0.1, 0.15) is 0 Å². The van der Waals surface area contributed by atoms with Gasteiger partial charge in [-0.2, -0.15) is 11.8 Å². The summed E-state index contributed by atoms with van der Waals surface area (Å²) < 4.78 is 11.3. The van der Waals surface area contributed by atoms with Crippen LogP contribution in [0.5, 0.6) is 11.5 Å². The number of thioether (sulfide) groups is 1. The maximum Gasteiger partial charge on any atom is 0.165 e. The number of ether oxygens (including phenoxy) is 2. The van der Waals surface area contributed by atoms with Crippen LogP contribution in [0.4, 0.5) is 0 Å². The van der Waals surface area contributed by atoms with Gasteiger partial charge in [-0.15, -0.1) is 0 Å². The van der Waals surface area contributed by atoms with E-state index in [1.807, 2.05) is 12.1 Å². The Morgan fingerprint density at radius 1 is 1.26 bits per heavy atom. The van der Waals surface area contributed by atoms with Crippen LogP contribution in [0, 0.1) is 0 Å². The van der Waals surface area contributed by atoms with Gasteiger partial charge < -0.3 is 14.8 Å². The van der Waals surface area contributed by atoms with Crippen LogP contribution in [0.25, 0.3) is 0 Å². The first-order valence-corrected chi connectivity index (χ1v) is 7.90. The predicted molar refractivity (Wildman–Crippen MR) is 83.5 cm³/mol. The van der Waals surface area contributed by atoms with Crippen LogP contribution in [0.2, 0.25) is 0 Å². The molecule has 0 aliphatic carbocycles. The fourth-order valence-corrected chi connectivity index (χ4v) is 1.86. The van der Waals surface area contributed by atoms with Gasteiger partial charge in [0.15, 0.2) is 11.5 Å². The van der Waals surface area contributed by atoms with Crippen LogP contribution in [0.3, 0.4) is 0 Å². The van der Waals surface area contributed by atoms with Crippen molar-refractivity contribution in [1.82, 2.24) is 5.32 Å². The Balaban J connectivity index is 2.82. The van der Waals surface area contributed by atoms with E-state index in [1.165, 1.54) is 0 Å². The highest BCUT2D eigenvalue weighted by atomic mass is 32.2. The van der Waals surface area contributed by atoms with Crippen molar-refractivity contribution in [3.05, 3.63) is 23.8 Å².